The monoisotopic (exact) mass is 419 g/mol. The molecule has 0 fully saturated rings. The van der Waals surface area contributed by atoms with Crippen molar-refractivity contribution < 1.29 is 27.1 Å². The van der Waals surface area contributed by atoms with Crippen LogP contribution in [0, 0.1) is 5.82 Å². The summed E-state index contributed by atoms with van der Waals surface area (Å²) in [4.78, 5) is 12.9. The van der Waals surface area contributed by atoms with Gasteiger partial charge in [-0.15, -0.1) is 0 Å². The first-order chi connectivity index (χ1) is 14.3. The molecule has 0 atom stereocenters. The van der Waals surface area contributed by atoms with E-state index in [0.29, 0.717) is 18.4 Å². The second-order valence-corrected chi connectivity index (χ2v) is 6.84. The van der Waals surface area contributed by atoms with Crippen LogP contribution in [0.3, 0.4) is 0 Å². The molecule has 0 saturated heterocycles. The number of carbonyl (C=O) groups excluding carboxylic acids is 1. The molecule has 9 heteroatoms. The molecule has 1 heterocycles. The smallest absolute Gasteiger partial charge is 0.422 e. The van der Waals surface area contributed by atoms with Crippen molar-refractivity contribution in [2.75, 3.05) is 11.9 Å². The molecule has 0 aliphatic heterocycles. The van der Waals surface area contributed by atoms with Gasteiger partial charge in [0.05, 0.1) is 5.69 Å². The number of para-hydroxylation sites is 3. The van der Waals surface area contributed by atoms with Crippen molar-refractivity contribution in [3.63, 3.8) is 0 Å². The second-order valence-electron chi connectivity index (χ2n) is 6.84. The summed E-state index contributed by atoms with van der Waals surface area (Å²) < 4.78 is 58.0. The molecule has 3 aromatic rings. The topological polar surface area (TPSA) is 56.1 Å². The van der Waals surface area contributed by atoms with E-state index in [9.17, 15) is 22.4 Å². The van der Waals surface area contributed by atoms with E-state index in [-0.39, 0.29) is 22.8 Å². The molecule has 1 aliphatic rings. The number of nitrogens with zero attached hydrogens (tertiary/aromatic N) is 2. The number of rotatable bonds is 5. The van der Waals surface area contributed by atoms with Crippen LogP contribution < -0.4 is 10.1 Å². The predicted octanol–water partition coefficient (Wildman–Crippen LogP) is 4.69. The number of ether oxygens (including phenoxy) is 1. The molecular weight excluding hydrogens is 402 g/mol. The fraction of sp³-hybridized carbons (Fsp3) is 0.238. The van der Waals surface area contributed by atoms with Gasteiger partial charge in [0.1, 0.15) is 17.3 Å². The van der Waals surface area contributed by atoms with Gasteiger partial charge in [-0.1, -0.05) is 24.3 Å². The highest BCUT2D eigenvalue weighted by Crippen LogP contribution is 2.31. The summed E-state index contributed by atoms with van der Waals surface area (Å²) >= 11 is 0. The zero-order valence-electron chi connectivity index (χ0n) is 15.7. The van der Waals surface area contributed by atoms with Crippen molar-refractivity contribution in [2.45, 2.75) is 25.4 Å². The van der Waals surface area contributed by atoms with Gasteiger partial charge in [-0.3, -0.25) is 4.79 Å². The highest BCUT2D eigenvalue weighted by Gasteiger charge is 2.30. The van der Waals surface area contributed by atoms with Crippen LogP contribution in [0.1, 0.15) is 28.2 Å². The minimum Gasteiger partial charge on any atom is -0.482 e. The number of halogens is 4. The third-order valence-electron chi connectivity index (χ3n) is 4.75. The number of amides is 1. The van der Waals surface area contributed by atoms with E-state index in [1.165, 1.54) is 28.9 Å². The summed E-state index contributed by atoms with van der Waals surface area (Å²) in [5.74, 6) is -1.16. The molecule has 2 aromatic carbocycles. The summed E-state index contributed by atoms with van der Waals surface area (Å²) in [6.45, 7) is -1.48. The quantitative estimate of drug-likeness (QED) is 0.611. The van der Waals surface area contributed by atoms with Gasteiger partial charge in [-0.2, -0.15) is 18.3 Å². The predicted molar refractivity (Wildman–Crippen MR) is 101 cm³/mol. The maximum absolute atomic E-state index is 14.3. The number of aromatic nitrogens is 2. The Labute approximate surface area is 169 Å². The number of carbonyl (C=O) groups is 1. The van der Waals surface area contributed by atoms with Gasteiger partial charge in [0.2, 0.25) is 0 Å². The molecule has 0 bridgehead atoms. The van der Waals surface area contributed by atoms with Crippen LogP contribution in [-0.2, 0) is 12.8 Å². The van der Waals surface area contributed by atoms with Crippen LogP contribution in [0.4, 0.5) is 23.2 Å². The Morgan fingerprint density at radius 2 is 1.83 bits per heavy atom. The zero-order chi connectivity index (χ0) is 21.3. The summed E-state index contributed by atoms with van der Waals surface area (Å²) in [7, 11) is 0. The maximum Gasteiger partial charge on any atom is 0.422 e. The molecule has 4 rings (SSSR count). The third-order valence-corrected chi connectivity index (χ3v) is 4.75. The molecule has 0 saturated carbocycles. The molecule has 0 unspecified atom stereocenters. The highest BCUT2D eigenvalue weighted by atomic mass is 19.4. The number of anilines is 1. The number of fused-ring (bicyclic) bond motifs is 1. The Morgan fingerprint density at radius 1 is 1.10 bits per heavy atom. The van der Waals surface area contributed by atoms with E-state index in [1.807, 2.05) is 0 Å². The van der Waals surface area contributed by atoms with Gasteiger partial charge < -0.3 is 10.1 Å². The summed E-state index contributed by atoms with van der Waals surface area (Å²) in [5.41, 5.74) is 1.93. The van der Waals surface area contributed by atoms with Gasteiger partial charge >= 0.3 is 6.18 Å². The molecule has 0 radical (unpaired) electrons. The summed E-state index contributed by atoms with van der Waals surface area (Å²) in [6, 6.07) is 12.0. The van der Waals surface area contributed by atoms with Gasteiger partial charge in [0.15, 0.2) is 12.3 Å². The minimum absolute atomic E-state index is 0.0962. The maximum atomic E-state index is 14.3. The van der Waals surface area contributed by atoms with Gasteiger partial charge in [-0.25, -0.2) is 9.07 Å². The first kappa shape index (κ1) is 19.9. The molecule has 156 valence electrons. The van der Waals surface area contributed by atoms with Crippen LogP contribution in [0.25, 0.3) is 5.69 Å². The fourth-order valence-corrected chi connectivity index (χ4v) is 3.48. The lowest BCUT2D eigenvalue weighted by molar-refractivity contribution is -0.153. The van der Waals surface area contributed by atoms with Crippen molar-refractivity contribution in [1.82, 2.24) is 9.78 Å². The Morgan fingerprint density at radius 3 is 2.60 bits per heavy atom. The normalized spacial score (nSPS) is 13.2. The van der Waals surface area contributed by atoms with Crippen molar-refractivity contribution in [3.05, 3.63) is 71.3 Å². The van der Waals surface area contributed by atoms with Crippen molar-refractivity contribution >= 4 is 11.6 Å². The Kier molecular flexibility index (Phi) is 5.19. The Balaban J connectivity index is 1.63. The summed E-state index contributed by atoms with van der Waals surface area (Å²) in [6.07, 6.45) is -2.45. The molecule has 1 aliphatic carbocycles. The van der Waals surface area contributed by atoms with Crippen LogP contribution >= 0.6 is 0 Å². The van der Waals surface area contributed by atoms with E-state index in [1.54, 1.807) is 24.3 Å². The Bertz CT molecular complexity index is 1090. The number of hydrogen-bond donors (Lipinski definition) is 1. The van der Waals surface area contributed by atoms with Gasteiger partial charge in [0.25, 0.3) is 5.91 Å². The first-order valence-electron chi connectivity index (χ1n) is 9.29. The molecular formula is C21H17F4N3O2. The highest BCUT2D eigenvalue weighted by molar-refractivity contribution is 6.05. The van der Waals surface area contributed by atoms with E-state index >= 15 is 0 Å². The van der Waals surface area contributed by atoms with E-state index in [2.05, 4.69) is 10.4 Å². The van der Waals surface area contributed by atoms with Gasteiger partial charge in [0, 0.05) is 11.3 Å². The summed E-state index contributed by atoms with van der Waals surface area (Å²) in [5, 5.41) is 6.89. The molecule has 1 amide bonds. The van der Waals surface area contributed by atoms with Crippen LogP contribution in [0.5, 0.6) is 5.75 Å². The van der Waals surface area contributed by atoms with Crippen molar-refractivity contribution in [1.29, 1.82) is 0 Å². The zero-order valence-corrected chi connectivity index (χ0v) is 15.7. The van der Waals surface area contributed by atoms with Gasteiger partial charge in [-0.05, 0) is 43.5 Å². The molecule has 1 N–H and O–H groups in total. The lowest BCUT2D eigenvalue weighted by Crippen LogP contribution is -2.20. The van der Waals surface area contributed by atoms with Crippen LogP contribution in [-0.4, -0.2) is 28.5 Å². The lowest BCUT2D eigenvalue weighted by Gasteiger charge is -2.13. The number of alkyl halides is 3. The number of hydrogen-bond acceptors (Lipinski definition) is 3. The largest absolute Gasteiger partial charge is 0.482 e. The van der Waals surface area contributed by atoms with Crippen LogP contribution in [0.2, 0.25) is 0 Å². The SMILES string of the molecule is O=C(Nc1ccccc1OCC(F)(F)F)c1nn(-c2ccccc2F)c2c1CCC2. The molecule has 0 spiro atoms. The Hall–Kier alpha value is -3.36. The molecule has 30 heavy (non-hydrogen) atoms. The van der Waals surface area contributed by atoms with Crippen molar-refractivity contribution in [3.8, 4) is 11.4 Å². The van der Waals surface area contributed by atoms with E-state index in [4.69, 9.17) is 4.74 Å². The van der Waals surface area contributed by atoms with E-state index < -0.39 is 24.5 Å². The van der Waals surface area contributed by atoms with Crippen LogP contribution in [0.15, 0.2) is 48.5 Å². The number of nitrogens with one attached hydrogen (secondary N) is 1. The average Bonchev–Trinajstić information content (AvgIpc) is 3.30. The molecule has 1 aromatic heterocycles. The fourth-order valence-electron chi connectivity index (χ4n) is 3.48. The first-order valence-corrected chi connectivity index (χ1v) is 9.29. The van der Waals surface area contributed by atoms with E-state index in [0.717, 1.165) is 12.1 Å². The molecule has 5 nitrogen and oxygen atoms in total. The lowest BCUT2D eigenvalue weighted by atomic mass is 10.2. The standard InChI is InChI=1S/C21H17F4N3O2/c22-14-7-1-3-9-17(14)28-16-10-5-6-13(16)19(27-28)20(29)26-15-8-2-4-11-18(15)30-12-21(23,24)25/h1-4,7-9,11H,5-6,10,12H2,(H,26,29). The average molecular weight is 419 g/mol. The minimum atomic E-state index is -4.50. The third kappa shape index (κ3) is 4.00. The second kappa shape index (κ2) is 7.81. The van der Waals surface area contributed by atoms with Crippen molar-refractivity contribution in [2.24, 2.45) is 0 Å². The number of benzene rings is 2.